The van der Waals surface area contributed by atoms with Gasteiger partial charge in [0.2, 0.25) is 0 Å². The predicted molar refractivity (Wildman–Crippen MR) is 233 cm³/mol. The standard InChI is InChI=1S/C47H50N6O10/c1-9-38(54)62-28-26-52-42(58)30(20-22-36-46(3,4)32-16-11-13-18-34(32)48(36)7)40(56)50(44(52)60)24-15-25-51-41(57)31(43(59)53(45(51)61)27-29-63-39(55)10-2)21-23-37-47(5,6)33-17-12-14-19-35(33)49(37)8/h9-14,16-23H,1-2,15,24-29H2,3-8H3/b30-20-,31-21-,36-22+,37-23+. The topological polar surface area (TPSA) is 174 Å². The van der Waals surface area contributed by atoms with Gasteiger partial charge in [-0.3, -0.25) is 38.8 Å². The van der Waals surface area contributed by atoms with Crippen molar-refractivity contribution >= 4 is 59.0 Å². The van der Waals surface area contributed by atoms with E-state index >= 15 is 0 Å². The van der Waals surface area contributed by atoms with Crippen LogP contribution in [0.2, 0.25) is 0 Å². The lowest BCUT2D eigenvalue weighted by molar-refractivity contribution is -0.142. The van der Waals surface area contributed by atoms with E-state index in [1.165, 1.54) is 12.2 Å². The average Bonchev–Trinajstić information content (AvgIpc) is 3.58. The first-order chi connectivity index (χ1) is 29.9. The lowest BCUT2D eigenvalue weighted by atomic mass is 9.83. The molecule has 4 aliphatic rings. The van der Waals surface area contributed by atoms with E-state index in [4.69, 9.17) is 9.47 Å². The molecule has 4 aliphatic heterocycles. The molecular weight excluding hydrogens is 809 g/mol. The molecule has 63 heavy (non-hydrogen) atoms. The van der Waals surface area contributed by atoms with Crippen LogP contribution in [0.3, 0.4) is 0 Å². The molecule has 4 heterocycles. The number of rotatable bonds is 14. The molecule has 8 amide bonds. The molecular formula is C47H50N6O10. The number of barbiturate groups is 2. The van der Waals surface area contributed by atoms with E-state index in [0.29, 0.717) is 0 Å². The van der Waals surface area contributed by atoms with Gasteiger partial charge in [-0.2, -0.15) is 0 Å². The van der Waals surface area contributed by atoms with Gasteiger partial charge >= 0.3 is 24.0 Å². The fraction of sp³-hybridized carbons (Fsp3) is 0.319. The third-order valence-corrected chi connectivity index (χ3v) is 11.7. The molecule has 0 bridgehead atoms. The smallest absolute Gasteiger partial charge is 0.334 e. The summed E-state index contributed by atoms with van der Waals surface area (Å²) in [6.07, 6.45) is 7.74. The zero-order chi connectivity index (χ0) is 46.0. The highest BCUT2D eigenvalue weighted by Gasteiger charge is 2.45. The normalized spacial score (nSPS) is 20.7. The molecule has 0 radical (unpaired) electrons. The summed E-state index contributed by atoms with van der Waals surface area (Å²) in [6.45, 7) is 12.5. The minimum Gasteiger partial charge on any atom is -0.461 e. The maximum absolute atomic E-state index is 14.1. The Bertz CT molecular complexity index is 2290. The molecule has 0 spiro atoms. The Morgan fingerprint density at radius 3 is 1.21 bits per heavy atom. The summed E-state index contributed by atoms with van der Waals surface area (Å²) in [6, 6.07) is 13.6. The third-order valence-electron chi connectivity index (χ3n) is 11.7. The van der Waals surface area contributed by atoms with Gasteiger partial charge in [0.15, 0.2) is 0 Å². The number of hydrogen-bond donors (Lipinski definition) is 0. The first kappa shape index (κ1) is 45.2. The largest absolute Gasteiger partial charge is 0.461 e. The first-order valence-corrected chi connectivity index (χ1v) is 20.3. The number of carbonyl (C=O) groups is 8. The molecule has 0 unspecified atom stereocenters. The van der Waals surface area contributed by atoms with Crippen LogP contribution < -0.4 is 9.80 Å². The Hall–Kier alpha value is -7.36. The number of anilines is 2. The fourth-order valence-electron chi connectivity index (χ4n) is 8.39. The molecule has 328 valence electrons. The van der Waals surface area contributed by atoms with E-state index in [9.17, 15) is 38.4 Å². The van der Waals surface area contributed by atoms with E-state index in [-0.39, 0.29) is 57.0 Å². The van der Waals surface area contributed by atoms with E-state index in [1.54, 1.807) is 12.2 Å². The minimum absolute atomic E-state index is 0.158. The maximum Gasteiger partial charge on any atom is 0.334 e. The molecule has 2 aromatic carbocycles. The Morgan fingerprint density at radius 1 is 0.540 bits per heavy atom. The van der Waals surface area contributed by atoms with Crippen molar-refractivity contribution in [2.75, 3.05) is 63.3 Å². The molecule has 0 aliphatic carbocycles. The Morgan fingerprint density at radius 2 is 0.873 bits per heavy atom. The number of likely N-dealkylation sites (N-methyl/N-ethyl adjacent to an activating group) is 2. The number of ether oxygens (including phenoxy) is 2. The summed E-state index contributed by atoms with van der Waals surface area (Å²) in [7, 11) is 3.74. The van der Waals surface area contributed by atoms with E-state index in [0.717, 1.165) is 65.6 Å². The summed E-state index contributed by atoms with van der Waals surface area (Å²) in [5.74, 6) is -5.18. The van der Waals surface area contributed by atoms with Gasteiger partial charge in [-0.1, -0.05) is 77.3 Å². The van der Waals surface area contributed by atoms with Gasteiger partial charge in [0.05, 0.1) is 13.1 Å². The van der Waals surface area contributed by atoms with Crippen LogP contribution >= 0.6 is 0 Å². The highest BCUT2D eigenvalue weighted by Crippen LogP contribution is 2.48. The summed E-state index contributed by atoms with van der Waals surface area (Å²) in [5, 5.41) is 0. The lowest BCUT2D eigenvalue weighted by Gasteiger charge is -2.36. The van der Waals surface area contributed by atoms with E-state index in [1.807, 2.05) is 100 Å². The van der Waals surface area contributed by atoms with Crippen molar-refractivity contribution in [2.24, 2.45) is 0 Å². The summed E-state index contributed by atoms with van der Waals surface area (Å²) >= 11 is 0. The van der Waals surface area contributed by atoms with Gasteiger partial charge in [-0.05, 0) is 54.0 Å². The van der Waals surface area contributed by atoms with Crippen molar-refractivity contribution in [3.63, 3.8) is 0 Å². The summed E-state index contributed by atoms with van der Waals surface area (Å²) < 4.78 is 10.1. The predicted octanol–water partition coefficient (Wildman–Crippen LogP) is 4.89. The number of esters is 2. The summed E-state index contributed by atoms with van der Waals surface area (Å²) in [4.78, 5) is 114. The second kappa shape index (κ2) is 17.9. The number of para-hydroxylation sites is 2. The second-order valence-corrected chi connectivity index (χ2v) is 16.2. The fourth-order valence-corrected chi connectivity index (χ4v) is 8.39. The molecule has 2 fully saturated rings. The minimum atomic E-state index is -0.996. The number of nitrogens with zero attached hydrogens (tertiary/aromatic N) is 6. The monoisotopic (exact) mass is 858 g/mol. The van der Waals surface area contributed by atoms with Gasteiger partial charge < -0.3 is 19.3 Å². The lowest BCUT2D eigenvalue weighted by Crippen LogP contribution is -2.59. The Kier molecular flexibility index (Phi) is 12.9. The second-order valence-electron chi connectivity index (χ2n) is 16.2. The molecule has 0 saturated carbocycles. The van der Waals surface area contributed by atoms with Crippen LogP contribution in [0.25, 0.3) is 0 Å². The van der Waals surface area contributed by atoms with Crippen LogP contribution in [-0.2, 0) is 49.1 Å². The van der Waals surface area contributed by atoms with Gasteiger partial charge in [0.1, 0.15) is 24.4 Å². The van der Waals surface area contributed by atoms with Gasteiger partial charge in [-0.15, -0.1) is 0 Å². The molecule has 0 aromatic heterocycles. The molecule has 6 rings (SSSR count). The van der Waals surface area contributed by atoms with E-state index < -0.39 is 58.5 Å². The van der Waals surface area contributed by atoms with Crippen molar-refractivity contribution in [1.82, 2.24) is 19.6 Å². The van der Waals surface area contributed by atoms with Gasteiger partial charge in [0.25, 0.3) is 23.6 Å². The highest BCUT2D eigenvalue weighted by atomic mass is 16.5. The maximum atomic E-state index is 14.1. The van der Waals surface area contributed by atoms with Crippen molar-refractivity contribution in [3.8, 4) is 0 Å². The number of hydrogen-bond acceptors (Lipinski definition) is 12. The SMILES string of the molecule is C=CC(=O)OCCN1C(=O)/C(=C\C=C2\N(C)c3ccccc3C2(C)C)C(=O)N(CCCN2C(=O)/C(=C/C=C3/N(C)c4ccccc4C3(C)C)C(=O)N(CCOC(=O)C=C)C2=O)C1=O. The van der Waals surface area contributed by atoms with E-state index in [2.05, 4.69) is 13.2 Å². The molecule has 16 heteroatoms. The Balaban J connectivity index is 1.28. The number of imide groups is 4. The van der Waals surface area contributed by atoms with Crippen LogP contribution in [-0.4, -0.2) is 121 Å². The number of amides is 8. The van der Waals surface area contributed by atoms with Gasteiger partial charge in [-0.25, -0.2) is 19.2 Å². The quantitative estimate of drug-likeness (QED) is 0.143. The first-order valence-electron chi connectivity index (χ1n) is 20.3. The zero-order valence-electron chi connectivity index (χ0n) is 36.2. The van der Waals surface area contributed by atoms with Crippen LogP contribution in [0, 0.1) is 0 Å². The number of benzene rings is 2. The van der Waals surface area contributed by atoms with Crippen molar-refractivity contribution < 1.29 is 47.8 Å². The van der Waals surface area contributed by atoms with Gasteiger partial charge in [0, 0.05) is 72.9 Å². The van der Waals surface area contributed by atoms with Crippen LogP contribution in [0.15, 0.2) is 121 Å². The number of fused-ring (bicyclic) bond motifs is 2. The molecule has 2 saturated heterocycles. The molecule has 0 atom stereocenters. The average molecular weight is 859 g/mol. The number of carbonyl (C=O) groups excluding carboxylic acids is 8. The van der Waals surface area contributed by atoms with Crippen molar-refractivity contribution in [2.45, 2.75) is 44.9 Å². The van der Waals surface area contributed by atoms with Crippen molar-refractivity contribution in [3.05, 3.63) is 132 Å². The molecule has 16 nitrogen and oxygen atoms in total. The highest BCUT2D eigenvalue weighted by molar-refractivity contribution is 6.29. The third kappa shape index (κ3) is 8.35. The molecule has 0 N–H and O–H groups in total. The molecule has 2 aromatic rings. The summed E-state index contributed by atoms with van der Waals surface area (Å²) in [5.41, 5.74) is 3.83. The van der Waals surface area contributed by atoms with Crippen LogP contribution in [0.4, 0.5) is 21.0 Å². The van der Waals surface area contributed by atoms with Crippen LogP contribution in [0.5, 0.6) is 0 Å². The number of allylic oxidation sites excluding steroid dienone is 6. The number of urea groups is 2. The Labute approximate surface area is 365 Å². The zero-order valence-corrected chi connectivity index (χ0v) is 36.2. The van der Waals surface area contributed by atoms with Crippen LogP contribution in [0.1, 0.15) is 45.2 Å². The van der Waals surface area contributed by atoms with Crippen molar-refractivity contribution in [1.29, 1.82) is 0 Å².